The van der Waals surface area contributed by atoms with Gasteiger partial charge in [0, 0.05) is 38.3 Å². The summed E-state index contributed by atoms with van der Waals surface area (Å²) in [5, 5.41) is 2.46. The van der Waals surface area contributed by atoms with Crippen LogP contribution in [0.3, 0.4) is 0 Å². The maximum atomic E-state index is 12.4. The fourth-order valence-corrected chi connectivity index (χ4v) is 3.34. The van der Waals surface area contributed by atoms with Crippen LogP contribution in [0.5, 0.6) is 0 Å². The van der Waals surface area contributed by atoms with Crippen LogP contribution >= 0.6 is 0 Å². The predicted molar refractivity (Wildman–Crippen MR) is 108 cm³/mol. The van der Waals surface area contributed by atoms with Crippen molar-refractivity contribution in [1.82, 2.24) is 10.2 Å². The topological polar surface area (TPSA) is 69.7 Å². The van der Waals surface area contributed by atoms with Gasteiger partial charge in [-0.1, -0.05) is 48.5 Å². The minimum absolute atomic E-state index is 0.0377. The number of aryl methyl sites for hydroxylation is 1. The van der Waals surface area contributed by atoms with Gasteiger partial charge in [-0.05, 0) is 24.1 Å². The molecule has 1 heterocycles. The lowest BCUT2D eigenvalue weighted by atomic mass is 10.1. The van der Waals surface area contributed by atoms with Gasteiger partial charge in [0.1, 0.15) is 0 Å². The van der Waals surface area contributed by atoms with Gasteiger partial charge in [-0.2, -0.15) is 0 Å². The number of ketones is 1. The lowest BCUT2D eigenvalue weighted by Gasteiger charge is -2.36. The number of Topliss-reactive ketones (excluding diaryl/α,β-unsaturated/α-hetero) is 1. The Bertz CT molecular complexity index is 843. The summed E-state index contributed by atoms with van der Waals surface area (Å²) >= 11 is 0. The maximum absolute atomic E-state index is 12.4. The maximum Gasteiger partial charge on any atom is 0.288 e. The molecular weight excluding hydrogens is 354 g/mol. The van der Waals surface area contributed by atoms with E-state index in [2.05, 4.69) is 29.3 Å². The first-order valence-corrected chi connectivity index (χ1v) is 9.48. The molecular formula is C22H25N3O3. The smallest absolute Gasteiger partial charge is 0.288 e. The molecule has 0 unspecified atom stereocenters. The normalized spacial score (nSPS) is 13.9. The third kappa shape index (κ3) is 4.97. The third-order valence-electron chi connectivity index (χ3n) is 4.95. The van der Waals surface area contributed by atoms with Crippen molar-refractivity contribution < 1.29 is 14.4 Å². The van der Waals surface area contributed by atoms with E-state index in [1.807, 2.05) is 30.3 Å². The highest BCUT2D eigenvalue weighted by Crippen LogP contribution is 2.20. The molecule has 1 aliphatic heterocycles. The summed E-state index contributed by atoms with van der Waals surface area (Å²) in [5.74, 6) is -1.41. The highest BCUT2D eigenvalue weighted by molar-refractivity contribution is 6.36. The lowest BCUT2D eigenvalue weighted by Crippen LogP contribution is -2.51. The number of carbonyl (C=O) groups excluding carboxylic acids is 3. The Morgan fingerprint density at radius 1 is 0.893 bits per heavy atom. The summed E-state index contributed by atoms with van der Waals surface area (Å²) in [6.45, 7) is 4.62. The van der Waals surface area contributed by atoms with Gasteiger partial charge in [0.05, 0.1) is 6.54 Å². The number of nitrogens with zero attached hydrogens (tertiary/aromatic N) is 2. The molecule has 6 heteroatoms. The molecule has 1 N–H and O–H groups in total. The second kappa shape index (κ2) is 9.17. The Balaban J connectivity index is 1.44. The van der Waals surface area contributed by atoms with Crippen molar-refractivity contribution in [3.05, 3.63) is 65.7 Å². The van der Waals surface area contributed by atoms with Crippen LogP contribution in [0.15, 0.2) is 54.6 Å². The van der Waals surface area contributed by atoms with Crippen LogP contribution in [-0.4, -0.2) is 55.2 Å². The van der Waals surface area contributed by atoms with Crippen molar-refractivity contribution >= 4 is 23.3 Å². The lowest BCUT2D eigenvalue weighted by molar-refractivity contribution is -0.139. The highest BCUT2D eigenvalue weighted by atomic mass is 16.2. The molecule has 0 aliphatic carbocycles. The monoisotopic (exact) mass is 379 g/mol. The molecule has 0 bridgehead atoms. The van der Waals surface area contributed by atoms with Crippen LogP contribution < -0.4 is 10.2 Å². The second-order valence-electron chi connectivity index (χ2n) is 6.92. The number of anilines is 1. The zero-order chi connectivity index (χ0) is 19.9. The van der Waals surface area contributed by atoms with Crippen LogP contribution in [0, 0.1) is 6.92 Å². The quantitative estimate of drug-likeness (QED) is 0.774. The SMILES string of the molecule is Cc1ccccc1N1CCN(C(=O)CNC(=O)C(=O)Cc2ccccc2)CC1. The van der Waals surface area contributed by atoms with E-state index in [4.69, 9.17) is 0 Å². The summed E-state index contributed by atoms with van der Waals surface area (Å²) in [7, 11) is 0. The number of hydrogen-bond donors (Lipinski definition) is 1. The molecule has 0 radical (unpaired) electrons. The Labute approximate surface area is 165 Å². The first-order chi connectivity index (χ1) is 13.5. The molecule has 6 nitrogen and oxygen atoms in total. The zero-order valence-electron chi connectivity index (χ0n) is 16.1. The van der Waals surface area contributed by atoms with Gasteiger partial charge in [0.25, 0.3) is 5.91 Å². The molecule has 1 aliphatic rings. The molecule has 0 saturated carbocycles. The molecule has 1 saturated heterocycles. The summed E-state index contributed by atoms with van der Waals surface area (Å²) < 4.78 is 0. The van der Waals surface area contributed by atoms with Gasteiger partial charge in [-0.25, -0.2) is 0 Å². The molecule has 146 valence electrons. The van der Waals surface area contributed by atoms with E-state index in [9.17, 15) is 14.4 Å². The van der Waals surface area contributed by atoms with E-state index in [1.165, 1.54) is 11.3 Å². The van der Waals surface area contributed by atoms with Crippen molar-refractivity contribution in [3.63, 3.8) is 0 Å². The number of amides is 2. The van der Waals surface area contributed by atoms with Gasteiger partial charge in [-0.3, -0.25) is 14.4 Å². The average molecular weight is 379 g/mol. The largest absolute Gasteiger partial charge is 0.368 e. The van der Waals surface area contributed by atoms with Crippen LogP contribution in [0.4, 0.5) is 5.69 Å². The van der Waals surface area contributed by atoms with E-state index >= 15 is 0 Å². The van der Waals surface area contributed by atoms with E-state index in [-0.39, 0.29) is 18.9 Å². The van der Waals surface area contributed by atoms with E-state index < -0.39 is 11.7 Å². The van der Waals surface area contributed by atoms with E-state index in [1.54, 1.807) is 17.0 Å². The number of nitrogens with one attached hydrogen (secondary N) is 1. The fraction of sp³-hybridized carbons (Fsp3) is 0.318. The van der Waals surface area contributed by atoms with Gasteiger partial charge >= 0.3 is 0 Å². The Hall–Kier alpha value is -3.15. The second-order valence-corrected chi connectivity index (χ2v) is 6.92. The number of carbonyl (C=O) groups is 3. The molecule has 2 amide bonds. The van der Waals surface area contributed by atoms with Gasteiger partial charge in [-0.15, -0.1) is 0 Å². The summed E-state index contributed by atoms with van der Waals surface area (Å²) in [6.07, 6.45) is 0.0377. The molecule has 0 spiro atoms. The number of hydrogen-bond acceptors (Lipinski definition) is 4. The standard InChI is InChI=1S/C22H25N3O3/c1-17-7-5-6-10-19(17)24-11-13-25(14-12-24)21(27)16-23-22(28)20(26)15-18-8-3-2-4-9-18/h2-10H,11-16H2,1H3,(H,23,28). The minimum atomic E-state index is -0.712. The van der Waals surface area contributed by atoms with E-state index in [0.29, 0.717) is 13.1 Å². The van der Waals surface area contributed by atoms with Crippen LogP contribution in [0.1, 0.15) is 11.1 Å². The number of benzene rings is 2. The Morgan fingerprint density at radius 2 is 1.54 bits per heavy atom. The molecule has 2 aromatic carbocycles. The molecule has 1 fully saturated rings. The van der Waals surface area contributed by atoms with Crippen molar-refractivity contribution in [2.24, 2.45) is 0 Å². The number of rotatable bonds is 6. The van der Waals surface area contributed by atoms with Crippen molar-refractivity contribution in [2.45, 2.75) is 13.3 Å². The summed E-state index contributed by atoms with van der Waals surface area (Å²) in [6, 6.07) is 17.3. The molecule has 3 rings (SSSR count). The van der Waals surface area contributed by atoms with Crippen LogP contribution in [0.2, 0.25) is 0 Å². The van der Waals surface area contributed by atoms with Gasteiger partial charge < -0.3 is 15.1 Å². The average Bonchev–Trinajstić information content (AvgIpc) is 2.73. The Morgan fingerprint density at radius 3 is 2.21 bits per heavy atom. The first-order valence-electron chi connectivity index (χ1n) is 9.48. The van der Waals surface area contributed by atoms with E-state index in [0.717, 1.165) is 18.7 Å². The van der Waals surface area contributed by atoms with Crippen molar-refractivity contribution in [2.75, 3.05) is 37.6 Å². The molecule has 2 aromatic rings. The number of para-hydroxylation sites is 1. The fourth-order valence-electron chi connectivity index (χ4n) is 3.34. The molecule has 0 aromatic heterocycles. The van der Waals surface area contributed by atoms with Crippen LogP contribution in [0.25, 0.3) is 0 Å². The highest BCUT2D eigenvalue weighted by Gasteiger charge is 2.23. The van der Waals surface area contributed by atoms with Gasteiger partial charge in [0.15, 0.2) is 0 Å². The summed E-state index contributed by atoms with van der Waals surface area (Å²) in [5.41, 5.74) is 3.18. The van der Waals surface area contributed by atoms with Crippen LogP contribution in [-0.2, 0) is 20.8 Å². The van der Waals surface area contributed by atoms with Crippen molar-refractivity contribution in [3.8, 4) is 0 Å². The van der Waals surface area contributed by atoms with Crippen molar-refractivity contribution in [1.29, 1.82) is 0 Å². The summed E-state index contributed by atoms with van der Waals surface area (Å²) in [4.78, 5) is 40.3. The third-order valence-corrected chi connectivity index (χ3v) is 4.95. The number of piperazine rings is 1. The molecule has 0 atom stereocenters. The minimum Gasteiger partial charge on any atom is -0.368 e. The van der Waals surface area contributed by atoms with Gasteiger partial charge in [0.2, 0.25) is 11.7 Å². The predicted octanol–water partition coefficient (Wildman–Crippen LogP) is 1.57. The Kier molecular flexibility index (Phi) is 6.42. The first kappa shape index (κ1) is 19.6. The molecule has 28 heavy (non-hydrogen) atoms. The zero-order valence-corrected chi connectivity index (χ0v) is 16.1.